The zero-order valence-corrected chi connectivity index (χ0v) is 55.9. The number of piperidine rings is 4. The number of amides is 1. The normalized spacial score (nSPS) is 20.9. The fraction of sp³-hybridized carbons (Fsp3) is 0.338. The van der Waals surface area contributed by atoms with E-state index < -0.39 is 0 Å². The van der Waals surface area contributed by atoms with Crippen LogP contribution < -0.4 is 21.3 Å². The summed E-state index contributed by atoms with van der Waals surface area (Å²) < 4.78 is 0. The van der Waals surface area contributed by atoms with E-state index in [0.29, 0.717) is 137 Å². The van der Waals surface area contributed by atoms with Crippen molar-refractivity contribution in [1.82, 2.24) is 21.3 Å². The third-order valence-corrected chi connectivity index (χ3v) is 19.5. The Morgan fingerprint density at radius 3 is 0.806 bits per heavy atom. The molecule has 4 aliphatic rings. The Labute approximate surface area is 570 Å². The highest BCUT2D eigenvalue weighted by molar-refractivity contribution is 6.31. The molecule has 12 rings (SSSR count). The van der Waals surface area contributed by atoms with Crippen LogP contribution in [0.2, 0.25) is 20.1 Å². The highest BCUT2D eigenvalue weighted by Crippen LogP contribution is 2.37. The van der Waals surface area contributed by atoms with Crippen molar-refractivity contribution in [3.63, 3.8) is 0 Å². The Bertz CT molecular complexity index is 3310. The molecule has 8 aromatic carbocycles. The molecule has 0 saturated carbocycles. The lowest BCUT2D eigenvalue weighted by molar-refractivity contribution is -0.125. The molecule has 0 radical (unpaired) electrons. The van der Waals surface area contributed by atoms with Crippen LogP contribution in [-0.2, 0) is 49.7 Å². The number of ketones is 4. The van der Waals surface area contributed by atoms with Crippen molar-refractivity contribution in [3.8, 4) is 0 Å². The molecule has 8 aromatic rings. The van der Waals surface area contributed by atoms with Crippen molar-refractivity contribution < 1.29 is 24.0 Å². The first kappa shape index (κ1) is 70.3. The van der Waals surface area contributed by atoms with Gasteiger partial charge in [-0.1, -0.05) is 216 Å². The smallest absolute Gasteiger partial charge is 0.220 e. The van der Waals surface area contributed by atoms with Gasteiger partial charge in [0.25, 0.3) is 0 Å². The van der Waals surface area contributed by atoms with E-state index in [2.05, 4.69) is 94.1 Å². The van der Waals surface area contributed by atoms with Crippen molar-refractivity contribution in [1.29, 1.82) is 0 Å². The van der Waals surface area contributed by atoms with Gasteiger partial charge in [-0.25, -0.2) is 0 Å². The van der Waals surface area contributed by atoms with Crippen LogP contribution in [-0.4, -0.2) is 74.9 Å². The molecule has 8 atom stereocenters. The first-order valence-corrected chi connectivity index (χ1v) is 34.4. The van der Waals surface area contributed by atoms with Gasteiger partial charge in [0.05, 0.1) is 0 Å². The van der Waals surface area contributed by atoms with E-state index in [1.165, 1.54) is 16.7 Å². The van der Waals surface area contributed by atoms with Gasteiger partial charge < -0.3 is 21.3 Å². The second-order valence-electron chi connectivity index (χ2n) is 25.3. The number of Topliss-reactive ketones (excluding diaryl/α,β-unsaturated/α-hetero) is 4. The number of rotatable bonds is 20. The molecule has 484 valence electrons. The quantitative estimate of drug-likeness (QED) is 0.0593. The molecular formula is C80H86Cl4N4O5. The van der Waals surface area contributed by atoms with Crippen LogP contribution in [0.25, 0.3) is 0 Å². The van der Waals surface area contributed by atoms with E-state index in [1.807, 2.05) is 133 Å². The SMILES string of the molecule is O=C(Cc1ccc(Cl)cc1)CC1CNCCC1c1ccccc1.O=C(Cc1ccc(Cl)cc1)CC1CNCCC1c1ccccc1.O=C(Cc1ccc(Cl)cc1)C[C@@H]1CNC(=O)CC1c1ccccc1.O=C(Cc1ccc(Cl)cc1)C[C@@H]1CNCCC1c1ccccc1. The molecule has 0 aromatic heterocycles. The zero-order valence-electron chi connectivity index (χ0n) is 52.9. The molecule has 6 unspecified atom stereocenters. The predicted molar refractivity (Wildman–Crippen MR) is 380 cm³/mol. The molecule has 0 aliphatic carbocycles. The average molecular weight is 1330 g/mol. The number of carbonyl (C=O) groups is 5. The van der Waals surface area contributed by atoms with Crippen molar-refractivity contribution in [2.75, 3.05) is 45.8 Å². The van der Waals surface area contributed by atoms with Crippen LogP contribution in [0.4, 0.5) is 0 Å². The largest absolute Gasteiger partial charge is 0.356 e. The summed E-state index contributed by atoms with van der Waals surface area (Å²) in [5.41, 5.74) is 9.31. The summed E-state index contributed by atoms with van der Waals surface area (Å²) in [6.07, 6.45) is 8.02. The van der Waals surface area contributed by atoms with Gasteiger partial charge in [0.1, 0.15) is 23.1 Å². The first-order valence-electron chi connectivity index (χ1n) is 32.9. The van der Waals surface area contributed by atoms with Crippen LogP contribution >= 0.6 is 46.4 Å². The molecule has 0 spiro atoms. The van der Waals surface area contributed by atoms with Crippen LogP contribution in [0.1, 0.15) is 120 Å². The third-order valence-electron chi connectivity index (χ3n) is 18.5. The maximum absolute atomic E-state index is 12.5. The Morgan fingerprint density at radius 2 is 0.548 bits per heavy atom. The maximum Gasteiger partial charge on any atom is 0.220 e. The van der Waals surface area contributed by atoms with Gasteiger partial charge in [-0.15, -0.1) is 0 Å². The van der Waals surface area contributed by atoms with Gasteiger partial charge in [0.2, 0.25) is 5.91 Å². The minimum atomic E-state index is 0.0604. The van der Waals surface area contributed by atoms with Crippen molar-refractivity contribution in [2.45, 2.75) is 101 Å². The minimum absolute atomic E-state index is 0.0604. The van der Waals surface area contributed by atoms with E-state index in [9.17, 15) is 24.0 Å². The summed E-state index contributed by atoms with van der Waals surface area (Å²) in [5.74, 6) is 4.00. The molecule has 4 fully saturated rings. The molecule has 4 N–H and O–H groups in total. The minimum Gasteiger partial charge on any atom is -0.356 e. The van der Waals surface area contributed by atoms with E-state index in [4.69, 9.17) is 46.4 Å². The Balaban J connectivity index is 0.000000146. The van der Waals surface area contributed by atoms with E-state index in [1.54, 1.807) is 12.1 Å². The van der Waals surface area contributed by atoms with Crippen molar-refractivity contribution >= 4 is 75.4 Å². The summed E-state index contributed by atoms with van der Waals surface area (Å²) >= 11 is 23.6. The van der Waals surface area contributed by atoms with E-state index >= 15 is 0 Å². The topological polar surface area (TPSA) is 133 Å². The zero-order chi connectivity index (χ0) is 65.2. The molecular weight excluding hydrogens is 1240 g/mol. The molecule has 93 heavy (non-hydrogen) atoms. The molecule has 4 saturated heterocycles. The standard InChI is InChI=1S/C20H20ClNO2.3C20H22ClNO/c21-17-8-6-14(7-9-17)10-18(23)11-16-13-22-20(24)12-19(16)15-4-2-1-3-5-15;3*21-18-8-6-15(7-9-18)12-19(23)13-17-14-22-11-10-20(17)16-4-2-1-3-5-16/h1-9,16,19H,10-13H2,(H,22,24);3*1-9,17,20,22H,10-14H2/t16-,19?;17-,20?;;/m11../s1. The van der Waals surface area contributed by atoms with Crippen LogP contribution in [0.15, 0.2) is 218 Å². The second-order valence-corrected chi connectivity index (χ2v) is 27.0. The van der Waals surface area contributed by atoms with Crippen LogP contribution in [0.3, 0.4) is 0 Å². The fourth-order valence-corrected chi connectivity index (χ4v) is 14.2. The summed E-state index contributed by atoms with van der Waals surface area (Å²) in [4.78, 5) is 61.7. The number of halogens is 4. The summed E-state index contributed by atoms with van der Waals surface area (Å²) in [6, 6.07) is 71.9. The Hall–Kier alpha value is -7.05. The van der Waals surface area contributed by atoms with Crippen LogP contribution in [0, 0.1) is 23.7 Å². The van der Waals surface area contributed by atoms with Gasteiger partial charge in [0.15, 0.2) is 0 Å². The van der Waals surface area contributed by atoms with Gasteiger partial charge >= 0.3 is 0 Å². The molecule has 4 heterocycles. The van der Waals surface area contributed by atoms with Crippen molar-refractivity contribution in [3.05, 3.63) is 283 Å². The van der Waals surface area contributed by atoms with Gasteiger partial charge in [-0.3, -0.25) is 24.0 Å². The van der Waals surface area contributed by atoms with Crippen molar-refractivity contribution in [2.24, 2.45) is 23.7 Å². The van der Waals surface area contributed by atoms with Gasteiger partial charge in [-0.2, -0.15) is 0 Å². The first-order chi connectivity index (χ1) is 45.3. The maximum atomic E-state index is 12.5. The molecule has 0 bridgehead atoms. The monoisotopic (exact) mass is 1320 g/mol. The molecule has 1 amide bonds. The number of carbonyl (C=O) groups excluding carboxylic acids is 5. The second kappa shape index (κ2) is 37.1. The number of hydrogen-bond acceptors (Lipinski definition) is 8. The number of nitrogens with one attached hydrogen (secondary N) is 4. The highest BCUT2D eigenvalue weighted by atomic mass is 35.5. The number of hydrogen-bond donors (Lipinski definition) is 4. The molecule has 4 aliphatic heterocycles. The summed E-state index contributed by atoms with van der Waals surface area (Å²) in [7, 11) is 0. The van der Waals surface area contributed by atoms with E-state index in [-0.39, 0.29) is 23.5 Å². The van der Waals surface area contributed by atoms with Crippen LogP contribution in [0.5, 0.6) is 0 Å². The summed E-state index contributed by atoms with van der Waals surface area (Å²) in [6.45, 7) is 6.42. The Kier molecular flexibility index (Phi) is 28.1. The number of benzene rings is 8. The summed E-state index contributed by atoms with van der Waals surface area (Å²) in [5, 5.41) is 16.0. The lowest BCUT2D eigenvalue weighted by atomic mass is 9.78. The molecule has 9 nitrogen and oxygen atoms in total. The molecule has 13 heteroatoms. The average Bonchev–Trinajstić information content (AvgIpc) is 2.14. The lowest BCUT2D eigenvalue weighted by Crippen LogP contribution is -2.40. The van der Waals surface area contributed by atoms with E-state index in [0.717, 1.165) is 86.3 Å². The fourth-order valence-electron chi connectivity index (χ4n) is 13.7. The predicted octanol–water partition coefficient (Wildman–Crippen LogP) is 16.5. The van der Waals surface area contributed by atoms with Gasteiger partial charge in [-0.05, 0) is 199 Å². The van der Waals surface area contributed by atoms with Gasteiger partial charge in [0, 0.05) is 84.4 Å². The Morgan fingerprint density at radius 1 is 0.312 bits per heavy atom. The highest BCUT2D eigenvalue weighted by Gasteiger charge is 2.33. The lowest BCUT2D eigenvalue weighted by Gasteiger charge is -2.32. The third kappa shape index (κ3) is 23.1.